The summed E-state index contributed by atoms with van der Waals surface area (Å²) >= 11 is 0. The van der Waals surface area contributed by atoms with Crippen LogP contribution in [-0.2, 0) is 4.79 Å². The van der Waals surface area contributed by atoms with Crippen LogP contribution in [0.1, 0.15) is 40.5 Å². The van der Waals surface area contributed by atoms with Gasteiger partial charge in [-0.3, -0.25) is 4.79 Å². The predicted molar refractivity (Wildman–Crippen MR) is 50.1 cm³/mol. The molecule has 1 atom stereocenters. The van der Waals surface area contributed by atoms with Crippen LogP contribution < -0.4 is 5.32 Å². The molecule has 0 aromatic heterocycles. The first-order valence-electron chi connectivity index (χ1n) is 4.72. The van der Waals surface area contributed by atoms with E-state index in [0.717, 1.165) is 12.8 Å². The van der Waals surface area contributed by atoms with Gasteiger partial charge in [0.15, 0.2) is 0 Å². The highest BCUT2D eigenvalue weighted by molar-refractivity contribution is 5.87. The molecule has 1 aliphatic carbocycles. The standard InChI is InChI=1S/C10H19NO/c1-7(2)11-9-8(12)5-6-10(9,3)4/h7,9,11H,5-6H2,1-4H3. The molecule has 0 amide bonds. The van der Waals surface area contributed by atoms with Gasteiger partial charge in [0, 0.05) is 12.5 Å². The Hall–Kier alpha value is -0.370. The second kappa shape index (κ2) is 3.17. The number of rotatable bonds is 2. The smallest absolute Gasteiger partial charge is 0.150 e. The number of carbonyl (C=O) groups excluding carboxylic acids is 1. The SMILES string of the molecule is CC(C)NC1C(=O)CCC1(C)C. The molecule has 1 unspecified atom stereocenters. The van der Waals surface area contributed by atoms with Crippen molar-refractivity contribution in [2.45, 2.75) is 52.6 Å². The topological polar surface area (TPSA) is 29.1 Å². The van der Waals surface area contributed by atoms with Gasteiger partial charge in [-0.2, -0.15) is 0 Å². The van der Waals surface area contributed by atoms with Gasteiger partial charge in [0.25, 0.3) is 0 Å². The molecule has 1 fully saturated rings. The molecule has 0 heterocycles. The third-order valence-corrected chi connectivity index (χ3v) is 2.62. The van der Waals surface area contributed by atoms with Crippen LogP contribution in [0.3, 0.4) is 0 Å². The van der Waals surface area contributed by atoms with Crippen LogP contribution in [0.2, 0.25) is 0 Å². The molecule has 0 radical (unpaired) electrons. The van der Waals surface area contributed by atoms with E-state index in [4.69, 9.17) is 0 Å². The molecule has 12 heavy (non-hydrogen) atoms. The Morgan fingerprint density at radius 3 is 2.42 bits per heavy atom. The third kappa shape index (κ3) is 1.86. The molecule has 0 bridgehead atoms. The fraction of sp³-hybridized carbons (Fsp3) is 0.900. The van der Waals surface area contributed by atoms with Crippen molar-refractivity contribution >= 4 is 5.78 Å². The number of hydrogen-bond donors (Lipinski definition) is 1. The Morgan fingerprint density at radius 2 is 2.08 bits per heavy atom. The molecule has 0 saturated heterocycles. The lowest BCUT2D eigenvalue weighted by Gasteiger charge is -2.28. The average Bonchev–Trinajstić information content (AvgIpc) is 2.15. The summed E-state index contributed by atoms with van der Waals surface area (Å²) in [6, 6.07) is 0.480. The van der Waals surface area contributed by atoms with Gasteiger partial charge in [-0.25, -0.2) is 0 Å². The first-order valence-corrected chi connectivity index (χ1v) is 4.72. The van der Waals surface area contributed by atoms with Crippen molar-refractivity contribution < 1.29 is 4.79 Å². The summed E-state index contributed by atoms with van der Waals surface area (Å²) in [4.78, 5) is 11.5. The molecule has 2 nitrogen and oxygen atoms in total. The first-order chi connectivity index (χ1) is 5.43. The highest BCUT2D eigenvalue weighted by Crippen LogP contribution is 2.35. The van der Waals surface area contributed by atoms with Gasteiger partial charge in [0.1, 0.15) is 5.78 Å². The van der Waals surface area contributed by atoms with E-state index in [-0.39, 0.29) is 11.5 Å². The summed E-state index contributed by atoms with van der Waals surface area (Å²) < 4.78 is 0. The summed E-state index contributed by atoms with van der Waals surface area (Å²) in [7, 11) is 0. The minimum atomic E-state index is 0.0810. The zero-order valence-electron chi connectivity index (χ0n) is 8.48. The van der Waals surface area contributed by atoms with Crippen LogP contribution in [0.5, 0.6) is 0 Å². The second-order valence-corrected chi connectivity index (χ2v) is 4.71. The number of carbonyl (C=O) groups is 1. The molecule has 2 heteroatoms. The van der Waals surface area contributed by atoms with Crippen molar-refractivity contribution in [3.8, 4) is 0 Å². The summed E-state index contributed by atoms with van der Waals surface area (Å²) in [5, 5.41) is 3.33. The number of ketones is 1. The minimum absolute atomic E-state index is 0.0810. The highest BCUT2D eigenvalue weighted by atomic mass is 16.1. The minimum Gasteiger partial charge on any atom is -0.305 e. The van der Waals surface area contributed by atoms with Crippen molar-refractivity contribution in [2.75, 3.05) is 0 Å². The van der Waals surface area contributed by atoms with Gasteiger partial charge in [0.05, 0.1) is 6.04 Å². The summed E-state index contributed by atoms with van der Waals surface area (Å²) in [5.74, 6) is 0.383. The Morgan fingerprint density at radius 1 is 1.50 bits per heavy atom. The molecule has 1 saturated carbocycles. The Bertz CT molecular complexity index is 184. The molecular weight excluding hydrogens is 150 g/mol. The van der Waals surface area contributed by atoms with Gasteiger partial charge in [-0.15, -0.1) is 0 Å². The molecule has 0 spiro atoms. The molecule has 1 N–H and O–H groups in total. The fourth-order valence-electron chi connectivity index (χ4n) is 1.82. The largest absolute Gasteiger partial charge is 0.305 e. The molecule has 0 aliphatic heterocycles. The van der Waals surface area contributed by atoms with Crippen LogP contribution in [0.25, 0.3) is 0 Å². The van der Waals surface area contributed by atoms with Crippen LogP contribution >= 0.6 is 0 Å². The van der Waals surface area contributed by atoms with E-state index in [1.54, 1.807) is 0 Å². The monoisotopic (exact) mass is 169 g/mol. The molecular formula is C10H19NO. The average molecular weight is 169 g/mol. The van der Waals surface area contributed by atoms with E-state index < -0.39 is 0 Å². The van der Waals surface area contributed by atoms with Crippen LogP contribution in [0.4, 0.5) is 0 Å². The quantitative estimate of drug-likeness (QED) is 0.682. The molecule has 0 aromatic rings. The van der Waals surface area contributed by atoms with Gasteiger partial charge < -0.3 is 5.32 Å². The normalized spacial score (nSPS) is 28.4. The van der Waals surface area contributed by atoms with Gasteiger partial charge in [-0.05, 0) is 11.8 Å². The summed E-state index contributed by atoms with van der Waals surface area (Å²) in [5.41, 5.74) is 0.154. The molecule has 0 aromatic carbocycles. The fourth-order valence-corrected chi connectivity index (χ4v) is 1.82. The Kier molecular flexibility index (Phi) is 2.57. The first kappa shape index (κ1) is 9.72. The summed E-state index contributed by atoms with van der Waals surface area (Å²) in [6.45, 7) is 8.50. The van der Waals surface area contributed by atoms with Crippen molar-refractivity contribution in [3.63, 3.8) is 0 Å². The third-order valence-electron chi connectivity index (χ3n) is 2.62. The summed E-state index contributed by atoms with van der Waals surface area (Å²) in [6.07, 6.45) is 1.77. The van der Waals surface area contributed by atoms with Gasteiger partial charge in [0.2, 0.25) is 0 Å². The van der Waals surface area contributed by atoms with E-state index in [1.165, 1.54) is 0 Å². The van der Waals surface area contributed by atoms with E-state index in [2.05, 4.69) is 33.0 Å². The molecule has 1 aliphatic rings. The maximum absolute atomic E-state index is 11.5. The zero-order chi connectivity index (χ0) is 9.35. The van der Waals surface area contributed by atoms with Crippen molar-refractivity contribution in [3.05, 3.63) is 0 Å². The predicted octanol–water partition coefficient (Wildman–Crippen LogP) is 1.74. The van der Waals surface area contributed by atoms with Crippen LogP contribution in [0.15, 0.2) is 0 Å². The second-order valence-electron chi connectivity index (χ2n) is 4.71. The number of nitrogens with one attached hydrogen (secondary N) is 1. The molecule has 1 rings (SSSR count). The van der Waals surface area contributed by atoms with Gasteiger partial charge in [-0.1, -0.05) is 27.7 Å². The van der Waals surface area contributed by atoms with Crippen molar-refractivity contribution in [2.24, 2.45) is 5.41 Å². The van der Waals surface area contributed by atoms with E-state index in [9.17, 15) is 4.79 Å². The lowest BCUT2D eigenvalue weighted by atomic mass is 9.87. The van der Waals surface area contributed by atoms with Crippen LogP contribution in [0, 0.1) is 5.41 Å². The number of Topliss-reactive ketones (excluding diaryl/α,β-unsaturated/α-hetero) is 1. The van der Waals surface area contributed by atoms with Crippen LogP contribution in [-0.4, -0.2) is 17.9 Å². The molecule has 70 valence electrons. The lowest BCUT2D eigenvalue weighted by molar-refractivity contribution is -0.120. The maximum atomic E-state index is 11.5. The van der Waals surface area contributed by atoms with Crippen molar-refractivity contribution in [1.82, 2.24) is 5.32 Å². The number of hydrogen-bond acceptors (Lipinski definition) is 2. The van der Waals surface area contributed by atoms with Gasteiger partial charge >= 0.3 is 0 Å². The zero-order valence-corrected chi connectivity index (χ0v) is 8.48. The highest BCUT2D eigenvalue weighted by Gasteiger charge is 2.40. The lowest BCUT2D eigenvalue weighted by Crippen LogP contribution is -2.45. The Labute approximate surface area is 74.7 Å². The maximum Gasteiger partial charge on any atom is 0.150 e. The van der Waals surface area contributed by atoms with E-state index in [0.29, 0.717) is 11.8 Å². The van der Waals surface area contributed by atoms with E-state index >= 15 is 0 Å². The van der Waals surface area contributed by atoms with Crippen molar-refractivity contribution in [1.29, 1.82) is 0 Å². The van der Waals surface area contributed by atoms with E-state index in [1.807, 2.05) is 0 Å². The Balaban J connectivity index is 2.65.